The number of anilines is 2. The number of aromatic nitrogens is 3. The van der Waals surface area contributed by atoms with Crippen molar-refractivity contribution in [2.24, 2.45) is 0 Å². The van der Waals surface area contributed by atoms with E-state index in [1.165, 1.54) is 5.56 Å². The fourth-order valence-electron chi connectivity index (χ4n) is 2.06. The van der Waals surface area contributed by atoms with E-state index in [9.17, 15) is 0 Å². The molecule has 0 atom stereocenters. The van der Waals surface area contributed by atoms with Crippen molar-refractivity contribution < 1.29 is 0 Å². The first-order chi connectivity index (χ1) is 10.3. The molecule has 3 rings (SSSR count). The monoisotopic (exact) mass is 276 g/mol. The van der Waals surface area contributed by atoms with Crippen LogP contribution in [0.15, 0.2) is 61.1 Å². The molecule has 4 nitrogen and oxygen atoms in total. The summed E-state index contributed by atoms with van der Waals surface area (Å²) in [5.74, 6) is 0.591. The zero-order valence-corrected chi connectivity index (χ0v) is 11.8. The van der Waals surface area contributed by atoms with Gasteiger partial charge in [0.15, 0.2) is 0 Å². The number of benzene rings is 1. The molecule has 0 bridgehead atoms. The van der Waals surface area contributed by atoms with Crippen LogP contribution in [0.2, 0.25) is 0 Å². The minimum Gasteiger partial charge on any atom is -0.324 e. The van der Waals surface area contributed by atoms with E-state index < -0.39 is 0 Å². The van der Waals surface area contributed by atoms with E-state index in [4.69, 9.17) is 0 Å². The van der Waals surface area contributed by atoms with Gasteiger partial charge in [0.05, 0.1) is 5.69 Å². The number of nitrogens with one attached hydrogen (secondary N) is 1. The summed E-state index contributed by atoms with van der Waals surface area (Å²) in [6.07, 6.45) is 6.31. The second-order valence-electron chi connectivity index (χ2n) is 4.68. The average molecular weight is 276 g/mol. The van der Waals surface area contributed by atoms with Crippen LogP contribution in [-0.4, -0.2) is 15.0 Å². The number of aryl methyl sites for hydroxylation is 1. The zero-order chi connectivity index (χ0) is 14.5. The van der Waals surface area contributed by atoms with Gasteiger partial charge in [0, 0.05) is 29.8 Å². The molecule has 2 heterocycles. The van der Waals surface area contributed by atoms with Gasteiger partial charge >= 0.3 is 0 Å². The molecular formula is C17H16N4. The molecule has 1 N–H and O–H groups in total. The van der Waals surface area contributed by atoms with Crippen molar-refractivity contribution in [3.63, 3.8) is 0 Å². The highest BCUT2D eigenvalue weighted by Crippen LogP contribution is 2.19. The molecular weight excluding hydrogens is 260 g/mol. The summed E-state index contributed by atoms with van der Waals surface area (Å²) in [5, 5.41) is 3.23. The van der Waals surface area contributed by atoms with E-state index >= 15 is 0 Å². The first-order valence-electron chi connectivity index (χ1n) is 6.94. The van der Waals surface area contributed by atoms with E-state index in [0.717, 1.165) is 23.4 Å². The molecule has 0 amide bonds. The van der Waals surface area contributed by atoms with Crippen molar-refractivity contribution in [2.45, 2.75) is 13.3 Å². The van der Waals surface area contributed by atoms with Gasteiger partial charge < -0.3 is 5.32 Å². The number of pyridine rings is 1. The van der Waals surface area contributed by atoms with Crippen LogP contribution < -0.4 is 5.32 Å². The minimum atomic E-state index is 0.591. The molecule has 2 aromatic heterocycles. The van der Waals surface area contributed by atoms with E-state index in [-0.39, 0.29) is 0 Å². The summed E-state index contributed by atoms with van der Waals surface area (Å²) in [5.41, 5.74) is 4.20. The lowest BCUT2D eigenvalue weighted by molar-refractivity contribution is 1.14. The molecule has 104 valence electrons. The highest BCUT2D eigenvalue weighted by Gasteiger charge is 2.02. The molecule has 0 spiro atoms. The molecule has 0 aliphatic rings. The molecule has 3 aromatic rings. The Labute approximate surface area is 123 Å². The first kappa shape index (κ1) is 13.2. The minimum absolute atomic E-state index is 0.591. The Bertz CT molecular complexity index is 708. The lowest BCUT2D eigenvalue weighted by Crippen LogP contribution is -1.98. The molecule has 0 fully saturated rings. The van der Waals surface area contributed by atoms with Crippen molar-refractivity contribution >= 4 is 11.6 Å². The molecule has 0 radical (unpaired) electrons. The van der Waals surface area contributed by atoms with Crippen LogP contribution in [0.1, 0.15) is 12.5 Å². The third kappa shape index (κ3) is 3.23. The lowest BCUT2D eigenvalue weighted by Gasteiger charge is -2.07. The van der Waals surface area contributed by atoms with Crippen molar-refractivity contribution in [3.05, 3.63) is 66.6 Å². The van der Waals surface area contributed by atoms with Crippen LogP contribution in [-0.2, 0) is 6.42 Å². The second-order valence-corrected chi connectivity index (χ2v) is 4.68. The Morgan fingerprint density at radius 2 is 1.67 bits per heavy atom. The predicted octanol–water partition coefficient (Wildman–Crippen LogP) is 3.84. The highest BCUT2D eigenvalue weighted by molar-refractivity contribution is 5.61. The van der Waals surface area contributed by atoms with Crippen molar-refractivity contribution in [1.29, 1.82) is 0 Å². The maximum absolute atomic E-state index is 4.53. The van der Waals surface area contributed by atoms with E-state index in [1.54, 1.807) is 18.6 Å². The summed E-state index contributed by atoms with van der Waals surface area (Å²) in [4.78, 5) is 12.8. The number of rotatable bonds is 4. The van der Waals surface area contributed by atoms with Gasteiger partial charge in [-0.05, 0) is 42.3 Å². The zero-order valence-electron chi connectivity index (χ0n) is 11.8. The van der Waals surface area contributed by atoms with Gasteiger partial charge in [-0.25, -0.2) is 9.97 Å². The number of hydrogen-bond acceptors (Lipinski definition) is 4. The summed E-state index contributed by atoms with van der Waals surface area (Å²) in [7, 11) is 0. The maximum atomic E-state index is 4.53. The van der Waals surface area contributed by atoms with Crippen LogP contribution in [0.4, 0.5) is 11.6 Å². The van der Waals surface area contributed by atoms with Gasteiger partial charge in [0.1, 0.15) is 0 Å². The van der Waals surface area contributed by atoms with Gasteiger partial charge in [0.25, 0.3) is 0 Å². The van der Waals surface area contributed by atoms with Crippen molar-refractivity contribution in [1.82, 2.24) is 15.0 Å². The van der Waals surface area contributed by atoms with Gasteiger partial charge in [-0.3, -0.25) is 4.98 Å². The molecule has 0 aliphatic heterocycles. The van der Waals surface area contributed by atoms with Crippen LogP contribution in [0.25, 0.3) is 11.3 Å². The third-order valence-corrected chi connectivity index (χ3v) is 3.25. The standard InChI is InChI=1S/C17H16N4/c1-2-13-3-5-15(6-4-13)20-17-19-12-9-16(21-17)14-7-10-18-11-8-14/h3-12H,2H2,1H3,(H,19,20,21). The number of hydrogen-bond donors (Lipinski definition) is 1. The van der Waals surface area contributed by atoms with E-state index in [0.29, 0.717) is 5.95 Å². The normalized spacial score (nSPS) is 10.3. The smallest absolute Gasteiger partial charge is 0.227 e. The molecule has 0 saturated carbocycles. The SMILES string of the molecule is CCc1ccc(Nc2nccc(-c3ccncc3)n2)cc1. The summed E-state index contributed by atoms with van der Waals surface area (Å²) in [6, 6.07) is 14.1. The van der Waals surface area contributed by atoms with E-state index in [1.807, 2.05) is 30.3 Å². The predicted molar refractivity (Wildman–Crippen MR) is 84.4 cm³/mol. The molecule has 0 saturated heterocycles. The Morgan fingerprint density at radius 3 is 2.38 bits per heavy atom. The van der Waals surface area contributed by atoms with Gasteiger partial charge in [-0.1, -0.05) is 19.1 Å². The highest BCUT2D eigenvalue weighted by atomic mass is 15.1. The van der Waals surface area contributed by atoms with Gasteiger partial charge in [-0.15, -0.1) is 0 Å². The summed E-state index contributed by atoms with van der Waals surface area (Å²) >= 11 is 0. The van der Waals surface area contributed by atoms with E-state index in [2.05, 4.69) is 39.3 Å². The Kier molecular flexibility index (Phi) is 3.87. The molecule has 1 aromatic carbocycles. The Hall–Kier alpha value is -2.75. The third-order valence-electron chi connectivity index (χ3n) is 3.25. The molecule has 4 heteroatoms. The average Bonchev–Trinajstić information content (AvgIpc) is 2.57. The second kappa shape index (κ2) is 6.13. The van der Waals surface area contributed by atoms with Crippen LogP contribution >= 0.6 is 0 Å². The largest absolute Gasteiger partial charge is 0.324 e. The number of nitrogens with zero attached hydrogens (tertiary/aromatic N) is 3. The fourth-order valence-corrected chi connectivity index (χ4v) is 2.06. The lowest BCUT2D eigenvalue weighted by atomic mass is 10.1. The maximum Gasteiger partial charge on any atom is 0.227 e. The van der Waals surface area contributed by atoms with Crippen molar-refractivity contribution in [2.75, 3.05) is 5.32 Å². The molecule has 0 unspecified atom stereocenters. The topological polar surface area (TPSA) is 50.7 Å². The molecule has 0 aliphatic carbocycles. The first-order valence-corrected chi connectivity index (χ1v) is 6.94. The molecule has 21 heavy (non-hydrogen) atoms. The van der Waals surface area contributed by atoms with Crippen LogP contribution in [0, 0.1) is 0 Å². The van der Waals surface area contributed by atoms with Crippen LogP contribution in [0.5, 0.6) is 0 Å². The quantitative estimate of drug-likeness (QED) is 0.786. The fraction of sp³-hybridized carbons (Fsp3) is 0.118. The van der Waals surface area contributed by atoms with Gasteiger partial charge in [0.2, 0.25) is 5.95 Å². The van der Waals surface area contributed by atoms with Gasteiger partial charge in [-0.2, -0.15) is 0 Å². The summed E-state index contributed by atoms with van der Waals surface area (Å²) < 4.78 is 0. The Morgan fingerprint density at radius 1 is 0.905 bits per heavy atom. The van der Waals surface area contributed by atoms with Crippen LogP contribution in [0.3, 0.4) is 0 Å². The summed E-state index contributed by atoms with van der Waals surface area (Å²) in [6.45, 7) is 2.14. The Balaban J connectivity index is 1.83. The van der Waals surface area contributed by atoms with Crippen molar-refractivity contribution in [3.8, 4) is 11.3 Å².